The standard InChI is InChI=1S/C15H28N2O4/c1-11(5-6-13(18)19)7-8-16-14(20)17-9-12(2)21-15(3,4)10-17/h11-12H,5-10H2,1-4H3,(H,16,20)(H,18,19). The van der Waals surface area contributed by atoms with Crippen molar-refractivity contribution in [3.05, 3.63) is 0 Å². The van der Waals surface area contributed by atoms with E-state index in [-0.39, 0.29) is 24.2 Å². The number of hydrogen-bond acceptors (Lipinski definition) is 3. The van der Waals surface area contributed by atoms with E-state index >= 15 is 0 Å². The Kier molecular flexibility index (Phi) is 6.45. The summed E-state index contributed by atoms with van der Waals surface area (Å²) < 4.78 is 5.77. The average molecular weight is 300 g/mol. The maximum atomic E-state index is 12.1. The number of urea groups is 1. The first-order chi connectivity index (χ1) is 9.69. The molecular formula is C15H28N2O4. The van der Waals surface area contributed by atoms with Crippen molar-refractivity contribution < 1.29 is 19.4 Å². The Morgan fingerprint density at radius 1 is 1.43 bits per heavy atom. The van der Waals surface area contributed by atoms with Crippen molar-refractivity contribution >= 4 is 12.0 Å². The number of carbonyl (C=O) groups is 2. The number of nitrogens with one attached hydrogen (secondary N) is 1. The van der Waals surface area contributed by atoms with Crippen LogP contribution in [0, 0.1) is 5.92 Å². The van der Waals surface area contributed by atoms with Gasteiger partial charge < -0.3 is 20.1 Å². The third-order valence-electron chi connectivity index (χ3n) is 3.62. The normalized spacial score (nSPS) is 22.7. The molecule has 2 N–H and O–H groups in total. The van der Waals surface area contributed by atoms with E-state index in [1.54, 1.807) is 4.90 Å². The van der Waals surface area contributed by atoms with Gasteiger partial charge in [-0.25, -0.2) is 4.79 Å². The molecule has 1 fully saturated rings. The molecule has 1 heterocycles. The minimum Gasteiger partial charge on any atom is -0.481 e. The molecular weight excluding hydrogens is 272 g/mol. The third-order valence-corrected chi connectivity index (χ3v) is 3.62. The maximum Gasteiger partial charge on any atom is 0.317 e. The Hall–Kier alpha value is -1.30. The van der Waals surface area contributed by atoms with E-state index in [1.807, 2.05) is 27.7 Å². The Morgan fingerprint density at radius 2 is 2.10 bits per heavy atom. The van der Waals surface area contributed by atoms with Gasteiger partial charge in [-0.1, -0.05) is 6.92 Å². The second kappa shape index (κ2) is 7.64. The number of hydrogen-bond donors (Lipinski definition) is 2. The molecule has 1 rings (SSSR count). The number of morpholine rings is 1. The first-order valence-electron chi connectivity index (χ1n) is 7.62. The van der Waals surface area contributed by atoms with Crippen molar-refractivity contribution in [2.45, 2.75) is 58.7 Å². The summed E-state index contributed by atoms with van der Waals surface area (Å²) >= 11 is 0. The highest BCUT2D eigenvalue weighted by atomic mass is 16.5. The van der Waals surface area contributed by atoms with Gasteiger partial charge in [-0.15, -0.1) is 0 Å². The van der Waals surface area contributed by atoms with Gasteiger partial charge in [-0.05, 0) is 39.5 Å². The van der Waals surface area contributed by atoms with Crippen molar-refractivity contribution in [2.75, 3.05) is 19.6 Å². The lowest BCUT2D eigenvalue weighted by Crippen LogP contribution is -2.56. The van der Waals surface area contributed by atoms with Crippen LogP contribution in [-0.4, -0.2) is 53.3 Å². The predicted molar refractivity (Wildman–Crippen MR) is 80.2 cm³/mol. The van der Waals surface area contributed by atoms with Crippen LogP contribution in [0.3, 0.4) is 0 Å². The van der Waals surface area contributed by atoms with Crippen LogP contribution >= 0.6 is 0 Å². The summed E-state index contributed by atoms with van der Waals surface area (Å²) in [6.07, 6.45) is 1.66. The molecule has 0 aromatic rings. The van der Waals surface area contributed by atoms with Crippen molar-refractivity contribution in [1.29, 1.82) is 0 Å². The van der Waals surface area contributed by atoms with E-state index in [0.29, 0.717) is 32.0 Å². The summed E-state index contributed by atoms with van der Waals surface area (Å²) in [5.41, 5.74) is -0.316. The summed E-state index contributed by atoms with van der Waals surface area (Å²) in [5, 5.41) is 11.5. The molecule has 2 unspecified atom stereocenters. The zero-order valence-electron chi connectivity index (χ0n) is 13.5. The smallest absolute Gasteiger partial charge is 0.317 e. The van der Waals surface area contributed by atoms with E-state index in [0.717, 1.165) is 6.42 Å². The van der Waals surface area contributed by atoms with Crippen molar-refractivity contribution in [3.63, 3.8) is 0 Å². The van der Waals surface area contributed by atoms with Gasteiger partial charge in [0.05, 0.1) is 18.2 Å². The van der Waals surface area contributed by atoms with Crippen LogP contribution < -0.4 is 5.32 Å². The lowest BCUT2D eigenvalue weighted by molar-refractivity contribution is -0.137. The van der Waals surface area contributed by atoms with Crippen LogP contribution in [-0.2, 0) is 9.53 Å². The fraction of sp³-hybridized carbons (Fsp3) is 0.867. The lowest BCUT2D eigenvalue weighted by atomic mass is 10.0. The van der Waals surface area contributed by atoms with Gasteiger partial charge in [0.2, 0.25) is 0 Å². The van der Waals surface area contributed by atoms with Gasteiger partial charge in [-0.2, -0.15) is 0 Å². The highest BCUT2D eigenvalue weighted by molar-refractivity contribution is 5.74. The summed E-state index contributed by atoms with van der Waals surface area (Å²) in [6, 6.07) is -0.0661. The van der Waals surface area contributed by atoms with Crippen LogP contribution in [0.2, 0.25) is 0 Å². The highest BCUT2D eigenvalue weighted by Crippen LogP contribution is 2.20. The molecule has 0 radical (unpaired) electrons. The number of rotatable bonds is 6. The summed E-state index contributed by atoms with van der Waals surface area (Å²) in [4.78, 5) is 24.4. The predicted octanol–water partition coefficient (Wildman–Crippen LogP) is 2.09. The number of ether oxygens (including phenoxy) is 1. The molecule has 122 valence electrons. The van der Waals surface area contributed by atoms with Gasteiger partial charge in [0.1, 0.15) is 0 Å². The third kappa shape index (κ3) is 6.80. The molecule has 1 aliphatic rings. The number of nitrogens with zero attached hydrogens (tertiary/aromatic N) is 1. The van der Waals surface area contributed by atoms with E-state index in [4.69, 9.17) is 9.84 Å². The Bertz CT molecular complexity index is 371. The molecule has 1 saturated heterocycles. The van der Waals surface area contributed by atoms with E-state index in [1.165, 1.54) is 0 Å². The fourth-order valence-electron chi connectivity index (χ4n) is 2.66. The monoisotopic (exact) mass is 300 g/mol. The molecule has 21 heavy (non-hydrogen) atoms. The van der Waals surface area contributed by atoms with Gasteiger partial charge >= 0.3 is 12.0 Å². The Morgan fingerprint density at radius 3 is 2.67 bits per heavy atom. The molecule has 1 aliphatic heterocycles. The van der Waals surface area contributed by atoms with E-state index in [2.05, 4.69) is 5.32 Å². The highest BCUT2D eigenvalue weighted by Gasteiger charge is 2.33. The molecule has 0 spiro atoms. The first kappa shape index (κ1) is 17.8. The fourth-order valence-corrected chi connectivity index (χ4v) is 2.66. The second-order valence-corrected chi connectivity index (χ2v) is 6.63. The number of carboxylic acid groups (broad SMARTS) is 1. The molecule has 2 atom stereocenters. The van der Waals surface area contributed by atoms with Gasteiger partial charge in [0.15, 0.2) is 0 Å². The number of carbonyl (C=O) groups excluding carboxylic acids is 1. The van der Waals surface area contributed by atoms with Crippen molar-refractivity contribution in [1.82, 2.24) is 10.2 Å². The average Bonchev–Trinajstić information content (AvgIpc) is 2.33. The molecule has 0 bridgehead atoms. The molecule has 6 heteroatoms. The molecule has 0 aliphatic carbocycles. The molecule has 6 nitrogen and oxygen atoms in total. The van der Waals surface area contributed by atoms with Gasteiger partial charge in [0, 0.05) is 19.5 Å². The van der Waals surface area contributed by atoms with Gasteiger partial charge in [0.25, 0.3) is 0 Å². The zero-order valence-corrected chi connectivity index (χ0v) is 13.5. The molecule has 2 amide bonds. The first-order valence-corrected chi connectivity index (χ1v) is 7.62. The Labute approximate surface area is 126 Å². The minimum atomic E-state index is -0.768. The summed E-state index contributed by atoms with van der Waals surface area (Å²) in [5.74, 6) is -0.475. The summed E-state index contributed by atoms with van der Waals surface area (Å²) in [7, 11) is 0. The largest absolute Gasteiger partial charge is 0.481 e. The molecule has 0 aromatic heterocycles. The second-order valence-electron chi connectivity index (χ2n) is 6.63. The molecule has 0 aromatic carbocycles. The van der Waals surface area contributed by atoms with Crippen LogP contribution in [0.5, 0.6) is 0 Å². The topological polar surface area (TPSA) is 78.9 Å². The lowest BCUT2D eigenvalue weighted by Gasteiger charge is -2.41. The van der Waals surface area contributed by atoms with Crippen LogP contribution in [0.1, 0.15) is 47.0 Å². The maximum absolute atomic E-state index is 12.1. The van der Waals surface area contributed by atoms with Crippen molar-refractivity contribution in [3.8, 4) is 0 Å². The van der Waals surface area contributed by atoms with Crippen LogP contribution in [0.4, 0.5) is 4.79 Å². The number of aliphatic carboxylic acids is 1. The minimum absolute atomic E-state index is 0.0361. The van der Waals surface area contributed by atoms with E-state index in [9.17, 15) is 9.59 Å². The van der Waals surface area contributed by atoms with Crippen molar-refractivity contribution in [2.24, 2.45) is 5.92 Å². The van der Waals surface area contributed by atoms with Gasteiger partial charge in [-0.3, -0.25) is 4.79 Å². The van der Waals surface area contributed by atoms with E-state index < -0.39 is 5.97 Å². The SMILES string of the molecule is CC(CCNC(=O)N1CC(C)OC(C)(C)C1)CCC(=O)O. The van der Waals surface area contributed by atoms with Crippen LogP contribution in [0.25, 0.3) is 0 Å². The summed E-state index contributed by atoms with van der Waals surface area (Å²) in [6.45, 7) is 9.70. The number of amides is 2. The molecule has 0 saturated carbocycles. The quantitative estimate of drug-likeness (QED) is 0.787. The van der Waals surface area contributed by atoms with Crippen LogP contribution in [0.15, 0.2) is 0 Å². The Balaban J connectivity index is 2.28. The zero-order chi connectivity index (χ0) is 16.0. The number of carboxylic acids is 1.